The number of nitrogens with zero attached hydrogens (tertiary/aromatic N) is 1. The zero-order chi connectivity index (χ0) is 18.1. The van der Waals surface area contributed by atoms with E-state index in [1.165, 1.54) is 0 Å². The molecule has 0 bridgehead atoms. The van der Waals surface area contributed by atoms with Crippen LogP contribution in [0, 0.1) is 0 Å². The molecule has 3 aromatic rings. The number of rotatable bonds is 5. The molecule has 1 unspecified atom stereocenters. The zero-order valence-electron chi connectivity index (χ0n) is 14.5. The van der Waals surface area contributed by atoms with Gasteiger partial charge in [0.2, 0.25) is 0 Å². The molecule has 1 amide bonds. The first kappa shape index (κ1) is 16.3. The topological polar surface area (TPSA) is 86.9 Å². The number of anilines is 1. The number of H-pyrrole nitrogens is 1. The summed E-state index contributed by atoms with van der Waals surface area (Å²) in [7, 11) is 0. The molecule has 2 aromatic carbocycles. The SMILES string of the molecule is CC(Nc1ccc(C(=O)NC2CC2)cc1)c1nc2ccccc2c(=O)[nH]1. The van der Waals surface area contributed by atoms with Crippen molar-refractivity contribution >= 4 is 22.5 Å². The van der Waals surface area contributed by atoms with E-state index in [2.05, 4.69) is 20.6 Å². The monoisotopic (exact) mass is 348 g/mol. The summed E-state index contributed by atoms with van der Waals surface area (Å²) in [6.45, 7) is 1.93. The van der Waals surface area contributed by atoms with Gasteiger partial charge in [0.05, 0.1) is 16.9 Å². The minimum absolute atomic E-state index is 0.0346. The lowest BCUT2D eigenvalue weighted by molar-refractivity contribution is 0.0951. The van der Waals surface area contributed by atoms with Gasteiger partial charge in [-0.25, -0.2) is 4.98 Å². The van der Waals surface area contributed by atoms with Gasteiger partial charge >= 0.3 is 0 Å². The van der Waals surface area contributed by atoms with Crippen LogP contribution < -0.4 is 16.2 Å². The number of carbonyl (C=O) groups excluding carboxylic acids is 1. The fraction of sp³-hybridized carbons (Fsp3) is 0.250. The van der Waals surface area contributed by atoms with E-state index < -0.39 is 0 Å². The van der Waals surface area contributed by atoms with Crippen molar-refractivity contribution in [2.75, 3.05) is 5.32 Å². The molecular weight excluding hydrogens is 328 g/mol. The summed E-state index contributed by atoms with van der Waals surface area (Å²) in [5.41, 5.74) is 2.03. The van der Waals surface area contributed by atoms with Crippen LogP contribution in [0.2, 0.25) is 0 Å². The van der Waals surface area contributed by atoms with Crippen molar-refractivity contribution in [2.45, 2.75) is 31.8 Å². The summed E-state index contributed by atoms with van der Waals surface area (Å²) in [4.78, 5) is 31.6. The number of aromatic nitrogens is 2. The van der Waals surface area contributed by atoms with Gasteiger partial charge in [0.1, 0.15) is 5.82 Å². The molecule has 1 saturated carbocycles. The number of amides is 1. The minimum atomic E-state index is -0.182. The zero-order valence-corrected chi connectivity index (χ0v) is 14.5. The summed E-state index contributed by atoms with van der Waals surface area (Å²) in [5, 5.41) is 6.85. The van der Waals surface area contributed by atoms with Crippen LogP contribution >= 0.6 is 0 Å². The minimum Gasteiger partial charge on any atom is -0.375 e. The Labute approximate surface area is 150 Å². The standard InChI is InChI=1S/C20H20N4O2/c1-12(18-23-17-5-3-2-4-16(17)20(26)24-18)21-14-8-6-13(7-9-14)19(25)22-15-10-11-15/h2-9,12,15,21H,10-11H2,1H3,(H,22,25)(H,23,24,26). The Hall–Kier alpha value is -3.15. The number of fused-ring (bicyclic) bond motifs is 1. The molecular formula is C20H20N4O2. The van der Waals surface area contributed by atoms with Gasteiger partial charge in [-0.1, -0.05) is 12.1 Å². The number of hydrogen-bond donors (Lipinski definition) is 3. The third kappa shape index (κ3) is 3.44. The third-order valence-corrected chi connectivity index (χ3v) is 4.48. The first-order chi connectivity index (χ1) is 12.6. The average molecular weight is 348 g/mol. The van der Waals surface area contributed by atoms with E-state index in [-0.39, 0.29) is 17.5 Å². The lowest BCUT2D eigenvalue weighted by Crippen LogP contribution is -2.25. The fourth-order valence-electron chi connectivity index (χ4n) is 2.84. The molecule has 1 aliphatic rings. The van der Waals surface area contributed by atoms with Crippen LogP contribution in [0.1, 0.15) is 42.0 Å². The summed E-state index contributed by atoms with van der Waals surface area (Å²) < 4.78 is 0. The van der Waals surface area contributed by atoms with Crippen LogP contribution in [0.3, 0.4) is 0 Å². The molecule has 132 valence electrons. The van der Waals surface area contributed by atoms with Gasteiger partial charge in [0.25, 0.3) is 11.5 Å². The Bertz CT molecular complexity index is 1010. The molecule has 0 spiro atoms. The molecule has 6 heteroatoms. The highest BCUT2D eigenvalue weighted by Gasteiger charge is 2.23. The Balaban J connectivity index is 1.49. The van der Waals surface area contributed by atoms with E-state index in [0.29, 0.717) is 28.3 Å². The molecule has 1 aliphatic carbocycles. The second kappa shape index (κ2) is 6.63. The number of aromatic amines is 1. The van der Waals surface area contributed by atoms with Crippen LogP contribution in [0.15, 0.2) is 53.3 Å². The first-order valence-electron chi connectivity index (χ1n) is 8.76. The van der Waals surface area contributed by atoms with Gasteiger partial charge in [0, 0.05) is 17.3 Å². The highest BCUT2D eigenvalue weighted by atomic mass is 16.1. The first-order valence-corrected chi connectivity index (χ1v) is 8.76. The summed E-state index contributed by atoms with van der Waals surface area (Å²) in [6.07, 6.45) is 2.14. The maximum absolute atomic E-state index is 12.2. The maximum atomic E-state index is 12.2. The van der Waals surface area contributed by atoms with Crippen LogP contribution in [0.4, 0.5) is 5.69 Å². The molecule has 1 fully saturated rings. The number of benzene rings is 2. The van der Waals surface area contributed by atoms with E-state index in [0.717, 1.165) is 18.5 Å². The van der Waals surface area contributed by atoms with Gasteiger partial charge in [-0.2, -0.15) is 0 Å². The number of carbonyl (C=O) groups is 1. The molecule has 4 rings (SSSR count). The Kier molecular flexibility index (Phi) is 4.16. The second-order valence-electron chi connectivity index (χ2n) is 6.66. The number of nitrogens with one attached hydrogen (secondary N) is 3. The number of para-hydroxylation sites is 1. The molecule has 0 aliphatic heterocycles. The van der Waals surface area contributed by atoms with Crippen molar-refractivity contribution in [3.63, 3.8) is 0 Å². The average Bonchev–Trinajstić information content (AvgIpc) is 3.46. The quantitative estimate of drug-likeness (QED) is 0.661. The van der Waals surface area contributed by atoms with Crippen molar-refractivity contribution in [1.29, 1.82) is 0 Å². The van der Waals surface area contributed by atoms with Crippen LogP contribution in [-0.2, 0) is 0 Å². The highest BCUT2D eigenvalue weighted by molar-refractivity contribution is 5.94. The molecule has 0 saturated heterocycles. The van der Waals surface area contributed by atoms with Crippen LogP contribution in [0.5, 0.6) is 0 Å². The van der Waals surface area contributed by atoms with Crippen molar-refractivity contribution in [1.82, 2.24) is 15.3 Å². The van der Waals surface area contributed by atoms with Crippen LogP contribution in [0.25, 0.3) is 10.9 Å². The molecule has 1 heterocycles. The predicted molar refractivity (Wildman–Crippen MR) is 101 cm³/mol. The van der Waals surface area contributed by atoms with Crippen molar-refractivity contribution < 1.29 is 4.79 Å². The van der Waals surface area contributed by atoms with E-state index in [1.807, 2.05) is 37.3 Å². The van der Waals surface area contributed by atoms with Gasteiger partial charge in [-0.15, -0.1) is 0 Å². The Morgan fingerprint density at radius 3 is 2.62 bits per heavy atom. The van der Waals surface area contributed by atoms with Gasteiger partial charge in [-0.05, 0) is 56.2 Å². The summed E-state index contributed by atoms with van der Waals surface area (Å²) in [5.74, 6) is 0.539. The highest BCUT2D eigenvalue weighted by Crippen LogP contribution is 2.21. The van der Waals surface area contributed by atoms with Crippen molar-refractivity contribution in [3.05, 3.63) is 70.3 Å². The smallest absolute Gasteiger partial charge is 0.258 e. The lowest BCUT2D eigenvalue weighted by atomic mass is 10.1. The third-order valence-electron chi connectivity index (χ3n) is 4.48. The molecule has 3 N–H and O–H groups in total. The van der Waals surface area contributed by atoms with Gasteiger partial charge in [0.15, 0.2) is 0 Å². The summed E-state index contributed by atoms with van der Waals surface area (Å²) in [6, 6.07) is 14.7. The second-order valence-corrected chi connectivity index (χ2v) is 6.66. The largest absolute Gasteiger partial charge is 0.375 e. The van der Waals surface area contributed by atoms with Gasteiger partial charge < -0.3 is 15.6 Å². The Morgan fingerprint density at radius 1 is 1.15 bits per heavy atom. The predicted octanol–water partition coefficient (Wildman–Crippen LogP) is 2.99. The lowest BCUT2D eigenvalue weighted by Gasteiger charge is -2.15. The van der Waals surface area contributed by atoms with E-state index >= 15 is 0 Å². The Morgan fingerprint density at radius 2 is 1.88 bits per heavy atom. The fourth-order valence-corrected chi connectivity index (χ4v) is 2.84. The molecule has 6 nitrogen and oxygen atoms in total. The summed E-state index contributed by atoms with van der Waals surface area (Å²) >= 11 is 0. The van der Waals surface area contributed by atoms with E-state index in [4.69, 9.17) is 0 Å². The van der Waals surface area contributed by atoms with Crippen molar-refractivity contribution in [3.8, 4) is 0 Å². The normalized spacial score (nSPS) is 14.8. The van der Waals surface area contributed by atoms with E-state index in [9.17, 15) is 9.59 Å². The maximum Gasteiger partial charge on any atom is 0.258 e. The molecule has 1 aromatic heterocycles. The molecule has 26 heavy (non-hydrogen) atoms. The van der Waals surface area contributed by atoms with Gasteiger partial charge in [-0.3, -0.25) is 9.59 Å². The molecule has 0 radical (unpaired) electrons. The molecule has 1 atom stereocenters. The van der Waals surface area contributed by atoms with Crippen LogP contribution in [-0.4, -0.2) is 21.9 Å². The number of hydrogen-bond acceptors (Lipinski definition) is 4. The van der Waals surface area contributed by atoms with E-state index in [1.54, 1.807) is 18.2 Å². The van der Waals surface area contributed by atoms with Crippen molar-refractivity contribution in [2.24, 2.45) is 0 Å².